The van der Waals surface area contributed by atoms with Crippen LogP contribution < -0.4 is 0 Å². The van der Waals surface area contributed by atoms with Crippen LogP contribution in [0.15, 0.2) is 41.3 Å². The third-order valence-corrected chi connectivity index (χ3v) is 5.29. The van der Waals surface area contributed by atoms with Gasteiger partial charge in [-0.1, -0.05) is 51.3 Å². The Balaban J connectivity index is 2.00. The molecule has 2 rings (SSSR count). The van der Waals surface area contributed by atoms with Gasteiger partial charge in [0.25, 0.3) is 0 Å². The molecule has 0 aromatic carbocycles. The summed E-state index contributed by atoms with van der Waals surface area (Å²) in [5, 5.41) is 0. The Morgan fingerprint density at radius 2 is 2.04 bits per heavy atom. The Morgan fingerprint density at radius 1 is 1.25 bits per heavy atom. The fourth-order valence-corrected chi connectivity index (χ4v) is 3.62. The Kier molecular flexibility index (Phi) is 8.16. The second-order valence-corrected chi connectivity index (χ2v) is 8.32. The number of ether oxygens (including phenoxy) is 1. The highest BCUT2D eigenvalue weighted by Crippen LogP contribution is 2.40. The van der Waals surface area contributed by atoms with Gasteiger partial charge in [-0.15, -0.1) is 0 Å². The monoisotopic (exact) mass is 382 g/mol. The van der Waals surface area contributed by atoms with Crippen molar-refractivity contribution < 1.29 is 9.53 Å². The van der Waals surface area contributed by atoms with Crippen molar-refractivity contribution in [3.8, 4) is 0 Å². The van der Waals surface area contributed by atoms with Gasteiger partial charge in [0.15, 0.2) is 5.69 Å². The molecule has 1 aliphatic rings. The molecule has 1 aromatic heterocycles. The first-order chi connectivity index (χ1) is 13.3. The van der Waals surface area contributed by atoms with Crippen LogP contribution in [-0.4, -0.2) is 22.5 Å². The van der Waals surface area contributed by atoms with Crippen LogP contribution in [0.25, 0.3) is 6.08 Å². The second kappa shape index (κ2) is 10.4. The molecule has 28 heavy (non-hydrogen) atoms. The molecule has 0 atom stereocenters. The third-order valence-electron chi connectivity index (χ3n) is 5.29. The minimum Gasteiger partial charge on any atom is -0.461 e. The Labute approximate surface area is 169 Å². The summed E-state index contributed by atoms with van der Waals surface area (Å²) in [6.07, 6.45) is 16.2. The average Bonchev–Trinajstić information content (AvgIpc) is 2.64. The van der Waals surface area contributed by atoms with E-state index in [1.54, 1.807) is 6.20 Å². The first-order valence-electron chi connectivity index (χ1n) is 10.4. The van der Waals surface area contributed by atoms with Gasteiger partial charge in [0.05, 0.1) is 24.7 Å². The number of hydrogen-bond acceptors (Lipinski definition) is 4. The SMILES string of the molecule is CCCCCOC(=O)c1cnc(C=C(C)C=CC2=C(C)CCCC2(C)C)cn1. The van der Waals surface area contributed by atoms with Gasteiger partial charge in [0.1, 0.15) is 0 Å². The molecule has 1 aromatic rings. The Bertz CT molecular complexity index is 755. The number of carbonyl (C=O) groups excluding carboxylic acids is 1. The lowest BCUT2D eigenvalue weighted by atomic mass is 9.72. The standard InChI is InChI=1S/C24H34N2O2/c1-6-7-8-14-28-23(27)22-17-25-20(16-26-22)15-18(2)11-12-21-19(3)10-9-13-24(21,4)5/h11-12,15-17H,6-10,13-14H2,1-5H3. The van der Waals surface area contributed by atoms with Crippen LogP contribution in [0.5, 0.6) is 0 Å². The molecule has 0 amide bonds. The fraction of sp³-hybridized carbons (Fsp3) is 0.542. The second-order valence-electron chi connectivity index (χ2n) is 8.32. The first-order valence-corrected chi connectivity index (χ1v) is 10.4. The highest BCUT2D eigenvalue weighted by molar-refractivity contribution is 5.86. The van der Waals surface area contributed by atoms with E-state index in [9.17, 15) is 4.79 Å². The van der Waals surface area contributed by atoms with Gasteiger partial charge in [0.2, 0.25) is 0 Å². The predicted molar refractivity (Wildman–Crippen MR) is 115 cm³/mol. The summed E-state index contributed by atoms with van der Waals surface area (Å²) in [5.74, 6) is -0.405. The maximum atomic E-state index is 12.0. The summed E-state index contributed by atoms with van der Waals surface area (Å²) in [6.45, 7) is 11.5. The molecule has 0 radical (unpaired) electrons. The zero-order valence-corrected chi connectivity index (χ0v) is 18.0. The number of allylic oxidation sites excluding steroid dienone is 5. The van der Waals surface area contributed by atoms with Gasteiger partial charge in [-0.3, -0.25) is 4.98 Å². The summed E-state index contributed by atoms with van der Waals surface area (Å²) in [6, 6.07) is 0. The lowest BCUT2D eigenvalue weighted by molar-refractivity contribution is 0.0490. The molecule has 0 saturated heterocycles. The minimum atomic E-state index is -0.405. The van der Waals surface area contributed by atoms with E-state index in [0.29, 0.717) is 6.61 Å². The maximum absolute atomic E-state index is 12.0. The van der Waals surface area contributed by atoms with Crippen LogP contribution in [0.4, 0.5) is 0 Å². The van der Waals surface area contributed by atoms with Crippen molar-refractivity contribution in [1.82, 2.24) is 9.97 Å². The Hall–Kier alpha value is -2.23. The molecule has 0 unspecified atom stereocenters. The van der Waals surface area contributed by atoms with Crippen molar-refractivity contribution in [2.75, 3.05) is 6.61 Å². The van der Waals surface area contributed by atoms with Crippen LogP contribution >= 0.6 is 0 Å². The summed E-state index contributed by atoms with van der Waals surface area (Å²) >= 11 is 0. The normalized spacial score (nSPS) is 17.2. The molecule has 1 aliphatic carbocycles. The van der Waals surface area contributed by atoms with Crippen molar-refractivity contribution >= 4 is 12.0 Å². The fourth-order valence-electron chi connectivity index (χ4n) is 3.62. The van der Waals surface area contributed by atoms with Gasteiger partial charge in [0, 0.05) is 0 Å². The van der Waals surface area contributed by atoms with E-state index in [1.165, 1.54) is 36.6 Å². The molecule has 0 spiro atoms. The largest absolute Gasteiger partial charge is 0.461 e. The van der Waals surface area contributed by atoms with Crippen molar-refractivity contribution in [3.05, 3.63) is 52.7 Å². The number of esters is 1. The molecule has 4 heteroatoms. The summed E-state index contributed by atoms with van der Waals surface area (Å²) in [5.41, 5.74) is 5.26. The van der Waals surface area contributed by atoms with Crippen molar-refractivity contribution in [2.45, 2.75) is 73.1 Å². The van der Waals surface area contributed by atoms with E-state index in [2.05, 4.69) is 56.7 Å². The number of nitrogens with zero attached hydrogens (tertiary/aromatic N) is 2. The lowest BCUT2D eigenvalue weighted by Gasteiger charge is -2.32. The third kappa shape index (κ3) is 6.43. The van der Waals surface area contributed by atoms with Gasteiger partial charge in [-0.25, -0.2) is 9.78 Å². The van der Waals surface area contributed by atoms with Crippen LogP contribution in [0.3, 0.4) is 0 Å². The number of rotatable bonds is 8. The van der Waals surface area contributed by atoms with Crippen molar-refractivity contribution in [1.29, 1.82) is 0 Å². The number of hydrogen-bond donors (Lipinski definition) is 0. The molecular weight excluding hydrogens is 348 g/mol. The van der Waals surface area contributed by atoms with E-state index < -0.39 is 5.97 Å². The zero-order valence-electron chi connectivity index (χ0n) is 18.0. The van der Waals surface area contributed by atoms with E-state index in [4.69, 9.17) is 4.74 Å². The summed E-state index contributed by atoms with van der Waals surface area (Å²) in [7, 11) is 0. The summed E-state index contributed by atoms with van der Waals surface area (Å²) < 4.78 is 5.21. The maximum Gasteiger partial charge on any atom is 0.358 e. The molecular formula is C24H34N2O2. The predicted octanol–water partition coefficient (Wildman–Crippen LogP) is 6.31. The van der Waals surface area contributed by atoms with E-state index in [1.807, 2.05) is 6.08 Å². The molecule has 4 nitrogen and oxygen atoms in total. The first kappa shape index (κ1) is 22.1. The number of carbonyl (C=O) groups is 1. The van der Waals surface area contributed by atoms with Crippen LogP contribution in [0.1, 0.15) is 89.3 Å². The molecule has 0 fully saturated rings. The Morgan fingerprint density at radius 3 is 2.68 bits per heavy atom. The van der Waals surface area contributed by atoms with Crippen LogP contribution in [-0.2, 0) is 4.74 Å². The minimum absolute atomic E-state index is 0.234. The number of aromatic nitrogens is 2. The highest BCUT2D eigenvalue weighted by atomic mass is 16.5. The van der Waals surface area contributed by atoms with Crippen molar-refractivity contribution in [3.63, 3.8) is 0 Å². The van der Waals surface area contributed by atoms with E-state index >= 15 is 0 Å². The molecule has 152 valence electrons. The van der Waals surface area contributed by atoms with Gasteiger partial charge in [-0.2, -0.15) is 0 Å². The quantitative estimate of drug-likeness (QED) is 0.300. The van der Waals surface area contributed by atoms with Gasteiger partial charge < -0.3 is 4.74 Å². The molecule has 0 N–H and O–H groups in total. The van der Waals surface area contributed by atoms with Crippen LogP contribution in [0, 0.1) is 5.41 Å². The molecule has 0 saturated carbocycles. The lowest BCUT2D eigenvalue weighted by Crippen LogP contribution is -2.19. The zero-order chi connectivity index (χ0) is 20.6. The molecule has 0 aliphatic heterocycles. The highest BCUT2D eigenvalue weighted by Gasteiger charge is 2.26. The topological polar surface area (TPSA) is 52.1 Å². The molecule has 1 heterocycles. The van der Waals surface area contributed by atoms with E-state index in [-0.39, 0.29) is 11.1 Å². The van der Waals surface area contributed by atoms with E-state index in [0.717, 1.165) is 30.5 Å². The average molecular weight is 383 g/mol. The summed E-state index contributed by atoms with van der Waals surface area (Å²) in [4.78, 5) is 20.5. The van der Waals surface area contributed by atoms with Crippen molar-refractivity contribution in [2.24, 2.45) is 5.41 Å². The smallest absolute Gasteiger partial charge is 0.358 e. The molecule has 0 bridgehead atoms. The van der Waals surface area contributed by atoms with Gasteiger partial charge in [-0.05, 0) is 62.2 Å². The number of unbranched alkanes of at least 4 members (excludes halogenated alkanes) is 2. The van der Waals surface area contributed by atoms with Gasteiger partial charge >= 0.3 is 5.97 Å². The van der Waals surface area contributed by atoms with Crippen LogP contribution in [0.2, 0.25) is 0 Å².